The van der Waals surface area contributed by atoms with Gasteiger partial charge < -0.3 is 10.6 Å². The molecule has 0 saturated heterocycles. The Morgan fingerprint density at radius 2 is 2.12 bits per heavy atom. The fraction of sp³-hybridized carbons (Fsp3) is 0.182. The Bertz CT molecular complexity index is 645. The fourth-order valence-corrected chi connectivity index (χ4v) is 1.63. The minimum Gasteiger partial charge on any atom is -0.369 e. The third-order valence-corrected chi connectivity index (χ3v) is 2.39. The topological polar surface area (TPSA) is 92.1 Å². The van der Waals surface area contributed by atoms with Gasteiger partial charge in [0.05, 0.1) is 16.5 Å². The van der Waals surface area contributed by atoms with E-state index in [9.17, 15) is 9.59 Å². The zero-order chi connectivity index (χ0) is 12.6. The van der Waals surface area contributed by atoms with Crippen LogP contribution < -0.4 is 11.3 Å². The summed E-state index contributed by atoms with van der Waals surface area (Å²) < 4.78 is 0. The van der Waals surface area contributed by atoms with Crippen molar-refractivity contribution in [1.29, 1.82) is 0 Å². The number of aromatic nitrogens is 2. The molecular formula is C11H12N4O2. The van der Waals surface area contributed by atoms with E-state index in [1.165, 1.54) is 4.90 Å². The average Bonchev–Trinajstić information content (AvgIpc) is 2.26. The molecule has 0 spiro atoms. The number of hydrogen-bond acceptors (Lipinski definition) is 4. The van der Waals surface area contributed by atoms with E-state index in [1.807, 2.05) is 0 Å². The first-order valence-electron chi connectivity index (χ1n) is 5.01. The highest BCUT2D eigenvalue weighted by molar-refractivity contribution is 6.05. The van der Waals surface area contributed by atoms with Crippen molar-refractivity contribution in [2.75, 3.05) is 19.8 Å². The molecule has 88 valence electrons. The maximum Gasteiger partial charge on any atom is 0.260 e. The standard InChI is InChI=1S/C11H12N4O2/c1-15(2)10(17)6-4-3-5-7-8(6)9(16)14-11(12)13-7/h3-5H,1-2H3,(H3,12,13,14,16). The summed E-state index contributed by atoms with van der Waals surface area (Å²) >= 11 is 0. The third kappa shape index (κ3) is 1.84. The van der Waals surface area contributed by atoms with Crippen molar-refractivity contribution in [3.8, 4) is 0 Å². The predicted molar refractivity (Wildman–Crippen MR) is 64.8 cm³/mol. The lowest BCUT2D eigenvalue weighted by Crippen LogP contribution is -2.24. The first-order chi connectivity index (χ1) is 8.00. The first-order valence-corrected chi connectivity index (χ1v) is 5.01. The number of nitrogen functional groups attached to an aromatic ring is 1. The van der Waals surface area contributed by atoms with E-state index in [1.54, 1.807) is 32.3 Å². The summed E-state index contributed by atoms with van der Waals surface area (Å²) in [6.45, 7) is 0. The second-order valence-corrected chi connectivity index (χ2v) is 3.85. The van der Waals surface area contributed by atoms with Crippen molar-refractivity contribution in [3.05, 3.63) is 34.1 Å². The number of anilines is 1. The molecule has 1 aromatic heterocycles. The maximum absolute atomic E-state index is 11.9. The molecule has 2 rings (SSSR count). The minimum atomic E-state index is -0.404. The van der Waals surface area contributed by atoms with Crippen LogP contribution in [0.5, 0.6) is 0 Å². The molecule has 1 amide bonds. The summed E-state index contributed by atoms with van der Waals surface area (Å²) in [5.74, 6) is -0.204. The normalized spacial score (nSPS) is 10.5. The van der Waals surface area contributed by atoms with E-state index in [0.717, 1.165) is 0 Å². The second-order valence-electron chi connectivity index (χ2n) is 3.85. The number of rotatable bonds is 1. The first kappa shape index (κ1) is 11.1. The average molecular weight is 232 g/mol. The van der Waals surface area contributed by atoms with Crippen LogP contribution in [0.4, 0.5) is 5.95 Å². The Labute approximate surface area is 97.1 Å². The van der Waals surface area contributed by atoms with E-state index in [0.29, 0.717) is 11.1 Å². The van der Waals surface area contributed by atoms with E-state index in [-0.39, 0.29) is 17.2 Å². The molecule has 0 unspecified atom stereocenters. The molecule has 1 aromatic carbocycles. The van der Waals surface area contributed by atoms with Crippen LogP contribution in [0.1, 0.15) is 10.4 Å². The molecule has 1 heterocycles. The van der Waals surface area contributed by atoms with Crippen LogP contribution in [0.15, 0.2) is 23.0 Å². The van der Waals surface area contributed by atoms with Gasteiger partial charge in [0, 0.05) is 14.1 Å². The van der Waals surface area contributed by atoms with Crippen molar-refractivity contribution < 1.29 is 4.79 Å². The number of nitrogens with two attached hydrogens (primary N) is 1. The predicted octanol–water partition coefficient (Wildman–Crippen LogP) is 0.207. The van der Waals surface area contributed by atoms with Gasteiger partial charge in [0.1, 0.15) is 0 Å². The fourth-order valence-electron chi connectivity index (χ4n) is 1.63. The SMILES string of the molecule is CN(C)C(=O)c1cccc2nc(N)[nH]c(=O)c12. The molecule has 6 nitrogen and oxygen atoms in total. The molecular weight excluding hydrogens is 220 g/mol. The lowest BCUT2D eigenvalue weighted by atomic mass is 10.1. The van der Waals surface area contributed by atoms with Gasteiger partial charge in [-0.25, -0.2) is 4.98 Å². The van der Waals surface area contributed by atoms with Gasteiger partial charge in [-0.05, 0) is 12.1 Å². The third-order valence-electron chi connectivity index (χ3n) is 2.39. The van der Waals surface area contributed by atoms with Gasteiger partial charge in [-0.1, -0.05) is 6.07 Å². The number of carbonyl (C=O) groups is 1. The largest absolute Gasteiger partial charge is 0.369 e. The number of aromatic amines is 1. The molecule has 0 saturated carbocycles. The van der Waals surface area contributed by atoms with Crippen LogP contribution in [-0.2, 0) is 0 Å². The maximum atomic E-state index is 11.9. The molecule has 0 fully saturated rings. The molecule has 0 atom stereocenters. The van der Waals surface area contributed by atoms with Crippen LogP contribution in [0.2, 0.25) is 0 Å². The van der Waals surface area contributed by atoms with Crippen LogP contribution in [-0.4, -0.2) is 34.9 Å². The molecule has 0 aliphatic heterocycles. The number of benzene rings is 1. The number of fused-ring (bicyclic) bond motifs is 1. The summed E-state index contributed by atoms with van der Waals surface area (Å²) in [6, 6.07) is 4.91. The van der Waals surface area contributed by atoms with Gasteiger partial charge in [-0.2, -0.15) is 0 Å². The highest BCUT2D eigenvalue weighted by Crippen LogP contribution is 2.14. The molecule has 0 aliphatic rings. The number of amides is 1. The summed E-state index contributed by atoms with van der Waals surface area (Å²) in [6.07, 6.45) is 0. The molecule has 17 heavy (non-hydrogen) atoms. The van der Waals surface area contributed by atoms with Gasteiger partial charge >= 0.3 is 0 Å². The van der Waals surface area contributed by atoms with E-state index >= 15 is 0 Å². The van der Waals surface area contributed by atoms with Crippen molar-refractivity contribution in [1.82, 2.24) is 14.9 Å². The van der Waals surface area contributed by atoms with Crippen LogP contribution in [0, 0.1) is 0 Å². The lowest BCUT2D eigenvalue weighted by Gasteiger charge is -2.11. The van der Waals surface area contributed by atoms with Crippen LogP contribution in [0.25, 0.3) is 10.9 Å². The molecule has 6 heteroatoms. The molecule has 2 aromatic rings. The Kier molecular flexibility index (Phi) is 2.55. The van der Waals surface area contributed by atoms with Gasteiger partial charge in [-0.3, -0.25) is 14.6 Å². The number of hydrogen-bond donors (Lipinski definition) is 2. The highest BCUT2D eigenvalue weighted by atomic mass is 16.2. The summed E-state index contributed by atoms with van der Waals surface area (Å²) in [4.78, 5) is 31.5. The Hall–Kier alpha value is -2.37. The smallest absolute Gasteiger partial charge is 0.260 e. The van der Waals surface area contributed by atoms with E-state index in [2.05, 4.69) is 9.97 Å². The van der Waals surface area contributed by atoms with Crippen molar-refractivity contribution in [2.24, 2.45) is 0 Å². The Morgan fingerprint density at radius 1 is 1.41 bits per heavy atom. The number of nitrogens with zero attached hydrogens (tertiary/aromatic N) is 2. The Balaban J connectivity index is 2.82. The zero-order valence-electron chi connectivity index (χ0n) is 9.52. The van der Waals surface area contributed by atoms with Crippen molar-refractivity contribution in [2.45, 2.75) is 0 Å². The number of carbonyl (C=O) groups excluding carboxylic acids is 1. The highest BCUT2D eigenvalue weighted by Gasteiger charge is 2.15. The van der Waals surface area contributed by atoms with Gasteiger partial charge in [0.25, 0.3) is 11.5 Å². The quantitative estimate of drug-likeness (QED) is 0.735. The molecule has 0 radical (unpaired) electrons. The van der Waals surface area contributed by atoms with E-state index in [4.69, 9.17) is 5.73 Å². The van der Waals surface area contributed by atoms with Crippen molar-refractivity contribution >= 4 is 22.8 Å². The van der Waals surface area contributed by atoms with Gasteiger partial charge in [0.15, 0.2) is 0 Å². The second kappa shape index (κ2) is 3.89. The summed E-state index contributed by atoms with van der Waals surface area (Å²) in [7, 11) is 3.25. The van der Waals surface area contributed by atoms with Gasteiger partial charge in [0.2, 0.25) is 5.95 Å². The van der Waals surface area contributed by atoms with E-state index < -0.39 is 5.56 Å². The minimum absolute atomic E-state index is 0.0388. The zero-order valence-corrected chi connectivity index (χ0v) is 9.52. The lowest BCUT2D eigenvalue weighted by molar-refractivity contribution is 0.0829. The summed E-state index contributed by atoms with van der Waals surface area (Å²) in [5.41, 5.74) is 5.78. The number of nitrogens with one attached hydrogen (secondary N) is 1. The van der Waals surface area contributed by atoms with Gasteiger partial charge in [-0.15, -0.1) is 0 Å². The summed E-state index contributed by atoms with van der Waals surface area (Å²) in [5, 5.41) is 0.264. The monoisotopic (exact) mass is 232 g/mol. The van der Waals surface area contributed by atoms with Crippen LogP contribution >= 0.6 is 0 Å². The van der Waals surface area contributed by atoms with Crippen molar-refractivity contribution in [3.63, 3.8) is 0 Å². The molecule has 0 aliphatic carbocycles. The molecule has 0 bridgehead atoms. The Morgan fingerprint density at radius 3 is 2.76 bits per heavy atom. The molecule has 3 N–H and O–H groups in total. The van der Waals surface area contributed by atoms with Crippen LogP contribution in [0.3, 0.4) is 0 Å². The number of H-pyrrole nitrogens is 1.